The van der Waals surface area contributed by atoms with Gasteiger partial charge in [-0.3, -0.25) is 9.59 Å². The Labute approximate surface area is 133 Å². The van der Waals surface area contributed by atoms with Gasteiger partial charge < -0.3 is 19.3 Å². The van der Waals surface area contributed by atoms with E-state index in [-0.39, 0.29) is 25.8 Å². The van der Waals surface area contributed by atoms with Gasteiger partial charge in [0.1, 0.15) is 0 Å². The Hall–Kier alpha value is -1.14. The van der Waals surface area contributed by atoms with E-state index in [1.54, 1.807) is 0 Å². The fourth-order valence-corrected chi connectivity index (χ4v) is 1.76. The molecule has 1 N–H and O–H groups in total. The molecule has 130 valence electrons. The van der Waals surface area contributed by atoms with E-state index in [1.807, 2.05) is 0 Å². The Bertz CT molecular complexity index is 292. The number of esters is 1. The minimum Gasteiger partial charge on any atom is -0.481 e. The Morgan fingerprint density at radius 3 is 2.23 bits per heavy atom. The van der Waals surface area contributed by atoms with Crippen LogP contribution in [0, 0.1) is 5.92 Å². The standard InChI is InChI=1S/C16H30O6/c1-3-5-10-20-12-14(8-7-9-15(17)18)16(19)22-13-21-11-6-4-2/h14H,3-13H2,1-2H3,(H,17,18). The lowest BCUT2D eigenvalue weighted by Crippen LogP contribution is -2.24. The summed E-state index contributed by atoms with van der Waals surface area (Å²) in [5.74, 6) is -1.66. The molecule has 0 radical (unpaired) electrons. The molecule has 0 spiro atoms. The summed E-state index contributed by atoms with van der Waals surface area (Å²) in [6.07, 6.45) is 4.86. The molecule has 0 fully saturated rings. The van der Waals surface area contributed by atoms with E-state index in [2.05, 4.69) is 13.8 Å². The maximum atomic E-state index is 12.0. The molecule has 22 heavy (non-hydrogen) atoms. The van der Waals surface area contributed by atoms with Crippen molar-refractivity contribution in [2.45, 2.75) is 58.8 Å². The van der Waals surface area contributed by atoms with Crippen LogP contribution in [0.4, 0.5) is 0 Å². The zero-order chi connectivity index (χ0) is 16.6. The Balaban J connectivity index is 4.05. The number of carbonyl (C=O) groups excluding carboxylic acids is 1. The highest BCUT2D eigenvalue weighted by Gasteiger charge is 2.20. The lowest BCUT2D eigenvalue weighted by molar-refractivity contribution is -0.164. The van der Waals surface area contributed by atoms with Crippen molar-refractivity contribution in [1.82, 2.24) is 0 Å². The molecule has 0 aliphatic heterocycles. The number of hydrogen-bond acceptors (Lipinski definition) is 5. The maximum Gasteiger partial charge on any atom is 0.313 e. The summed E-state index contributed by atoms with van der Waals surface area (Å²) in [6.45, 7) is 5.51. The fourth-order valence-electron chi connectivity index (χ4n) is 1.76. The van der Waals surface area contributed by atoms with E-state index in [4.69, 9.17) is 19.3 Å². The number of unbranched alkanes of at least 4 members (excludes halogenated alkanes) is 2. The van der Waals surface area contributed by atoms with Crippen LogP contribution >= 0.6 is 0 Å². The van der Waals surface area contributed by atoms with Crippen molar-refractivity contribution < 1.29 is 28.9 Å². The third kappa shape index (κ3) is 12.6. The molecule has 0 saturated carbocycles. The van der Waals surface area contributed by atoms with Gasteiger partial charge in [0, 0.05) is 13.0 Å². The molecule has 1 atom stereocenters. The highest BCUT2D eigenvalue weighted by molar-refractivity contribution is 5.72. The second-order valence-electron chi connectivity index (χ2n) is 5.25. The predicted octanol–water partition coefficient (Wildman–Crippen LogP) is 2.99. The molecule has 0 aliphatic carbocycles. The molecule has 6 nitrogen and oxygen atoms in total. The number of ether oxygens (including phenoxy) is 3. The van der Waals surface area contributed by atoms with Crippen molar-refractivity contribution in [3.8, 4) is 0 Å². The third-order valence-electron chi connectivity index (χ3n) is 3.16. The first kappa shape index (κ1) is 20.9. The van der Waals surface area contributed by atoms with Crippen LogP contribution < -0.4 is 0 Å². The van der Waals surface area contributed by atoms with E-state index < -0.39 is 11.9 Å². The van der Waals surface area contributed by atoms with Crippen LogP contribution in [0.2, 0.25) is 0 Å². The summed E-state index contributed by atoms with van der Waals surface area (Å²) in [5.41, 5.74) is 0. The second-order valence-corrected chi connectivity index (χ2v) is 5.25. The number of carboxylic acid groups (broad SMARTS) is 1. The van der Waals surface area contributed by atoms with Gasteiger partial charge in [0.2, 0.25) is 0 Å². The predicted molar refractivity (Wildman–Crippen MR) is 82.5 cm³/mol. The quantitative estimate of drug-likeness (QED) is 0.284. The second kappa shape index (κ2) is 14.8. The molecule has 0 heterocycles. The highest BCUT2D eigenvalue weighted by atomic mass is 16.7. The lowest BCUT2D eigenvalue weighted by Gasteiger charge is -2.16. The minimum absolute atomic E-state index is 0.0474. The number of hydrogen-bond donors (Lipinski definition) is 1. The Kier molecular flexibility index (Phi) is 14.0. The van der Waals surface area contributed by atoms with Crippen LogP contribution in [0.15, 0.2) is 0 Å². The summed E-state index contributed by atoms with van der Waals surface area (Å²) in [4.78, 5) is 22.5. The Morgan fingerprint density at radius 1 is 1.00 bits per heavy atom. The van der Waals surface area contributed by atoms with Gasteiger partial charge in [0.25, 0.3) is 0 Å². The zero-order valence-corrected chi connectivity index (χ0v) is 13.8. The molecular weight excluding hydrogens is 288 g/mol. The molecule has 0 aromatic rings. The average Bonchev–Trinajstić information content (AvgIpc) is 2.49. The van der Waals surface area contributed by atoms with Crippen molar-refractivity contribution >= 4 is 11.9 Å². The van der Waals surface area contributed by atoms with Gasteiger partial charge in [-0.2, -0.15) is 0 Å². The number of carboxylic acids is 1. The number of aliphatic carboxylic acids is 1. The van der Waals surface area contributed by atoms with Crippen LogP contribution in [-0.2, 0) is 23.8 Å². The highest BCUT2D eigenvalue weighted by Crippen LogP contribution is 2.12. The largest absolute Gasteiger partial charge is 0.481 e. The van der Waals surface area contributed by atoms with Crippen LogP contribution in [-0.4, -0.2) is 43.7 Å². The molecule has 0 saturated heterocycles. The zero-order valence-electron chi connectivity index (χ0n) is 13.8. The van der Waals surface area contributed by atoms with Crippen molar-refractivity contribution in [2.75, 3.05) is 26.6 Å². The van der Waals surface area contributed by atoms with Gasteiger partial charge in [-0.05, 0) is 25.7 Å². The smallest absolute Gasteiger partial charge is 0.313 e. The van der Waals surface area contributed by atoms with Gasteiger partial charge in [0.05, 0.1) is 19.1 Å². The van der Waals surface area contributed by atoms with Crippen LogP contribution in [0.3, 0.4) is 0 Å². The van der Waals surface area contributed by atoms with Crippen molar-refractivity contribution in [3.63, 3.8) is 0 Å². The van der Waals surface area contributed by atoms with Gasteiger partial charge >= 0.3 is 11.9 Å². The molecule has 0 bridgehead atoms. The van der Waals surface area contributed by atoms with Crippen molar-refractivity contribution in [2.24, 2.45) is 5.92 Å². The lowest BCUT2D eigenvalue weighted by atomic mass is 10.0. The number of carbonyl (C=O) groups is 2. The van der Waals surface area contributed by atoms with E-state index >= 15 is 0 Å². The summed E-state index contributed by atoms with van der Waals surface area (Å²) in [6, 6.07) is 0. The number of rotatable bonds is 15. The SMILES string of the molecule is CCCCOCOC(=O)C(CCCC(=O)O)COCCCC. The van der Waals surface area contributed by atoms with E-state index in [0.717, 1.165) is 25.7 Å². The van der Waals surface area contributed by atoms with Crippen LogP contribution in [0.25, 0.3) is 0 Å². The van der Waals surface area contributed by atoms with Crippen LogP contribution in [0.5, 0.6) is 0 Å². The monoisotopic (exact) mass is 318 g/mol. The molecule has 0 aromatic heterocycles. The van der Waals surface area contributed by atoms with Gasteiger partial charge in [-0.15, -0.1) is 0 Å². The summed E-state index contributed by atoms with van der Waals surface area (Å²) in [5, 5.41) is 8.67. The van der Waals surface area contributed by atoms with E-state index in [9.17, 15) is 9.59 Å². The summed E-state index contributed by atoms with van der Waals surface area (Å²) in [7, 11) is 0. The first-order chi connectivity index (χ1) is 10.6. The first-order valence-corrected chi connectivity index (χ1v) is 8.15. The molecule has 0 rings (SSSR count). The minimum atomic E-state index is -0.859. The van der Waals surface area contributed by atoms with Gasteiger partial charge in [-0.1, -0.05) is 26.7 Å². The molecule has 6 heteroatoms. The summed E-state index contributed by atoms with van der Waals surface area (Å²) >= 11 is 0. The molecular formula is C16H30O6. The average molecular weight is 318 g/mol. The van der Waals surface area contributed by atoms with Crippen molar-refractivity contribution in [3.05, 3.63) is 0 Å². The van der Waals surface area contributed by atoms with E-state index in [0.29, 0.717) is 26.1 Å². The molecule has 0 aromatic carbocycles. The van der Waals surface area contributed by atoms with Crippen LogP contribution in [0.1, 0.15) is 58.8 Å². The molecule has 0 amide bonds. The van der Waals surface area contributed by atoms with Gasteiger partial charge in [0.15, 0.2) is 6.79 Å². The normalized spacial score (nSPS) is 12.1. The molecule has 1 unspecified atom stereocenters. The summed E-state index contributed by atoms with van der Waals surface area (Å²) < 4.78 is 15.7. The molecule has 0 aliphatic rings. The maximum absolute atomic E-state index is 12.0. The fraction of sp³-hybridized carbons (Fsp3) is 0.875. The third-order valence-corrected chi connectivity index (χ3v) is 3.16. The van der Waals surface area contributed by atoms with E-state index in [1.165, 1.54) is 0 Å². The topological polar surface area (TPSA) is 82.1 Å². The van der Waals surface area contributed by atoms with Gasteiger partial charge in [-0.25, -0.2) is 0 Å². The first-order valence-electron chi connectivity index (χ1n) is 8.15. The van der Waals surface area contributed by atoms with Crippen molar-refractivity contribution in [1.29, 1.82) is 0 Å². The Morgan fingerprint density at radius 2 is 1.64 bits per heavy atom.